The van der Waals surface area contributed by atoms with Crippen LogP contribution in [0.1, 0.15) is 12.0 Å². The van der Waals surface area contributed by atoms with Crippen LogP contribution in [0.15, 0.2) is 27.4 Å². The number of hydrogen-bond donors (Lipinski definition) is 0. The largest absolute Gasteiger partial charge is 0.421 e. The zero-order chi connectivity index (χ0) is 15.2. The molecule has 3 rings (SSSR count). The van der Waals surface area contributed by atoms with Gasteiger partial charge in [0.1, 0.15) is 0 Å². The number of rotatable bonds is 3. The van der Waals surface area contributed by atoms with Gasteiger partial charge >= 0.3 is 5.76 Å². The maximum Gasteiger partial charge on any atom is 0.421 e. The lowest BCUT2D eigenvalue weighted by Crippen LogP contribution is -2.36. The van der Waals surface area contributed by atoms with Gasteiger partial charge in [0, 0.05) is 6.04 Å². The van der Waals surface area contributed by atoms with Gasteiger partial charge in [-0.05, 0) is 38.1 Å². The maximum absolute atomic E-state index is 12.0. The summed E-state index contributed by atoms with van der Waals surface area (Å²) in [5, 5.41) is 0. The van der Waals surface area contributed by atoms with Crippen LogP contribution < -0.4 is 5.76 Å². The van der Waals surface area contributed by atoms with Gasteiger partial charge < -0.3 is 4.42 Å². The molecule has 1 aromatic carbocycles. The summed E-state index contributed by atoms with van der Waals surface area (Å²) >= 11 is 0. The Hall–Kier alpha value is -1.60. The Kier molecular flexibility index (Phi) is 3.41. The topological polar surface area (TPSA) is 72.5 Å². The number of oxazole rings is 1. The van der Waals surface area contributed by atoms with E-state index in [2.05, 4.69) is 0 Å². The molecule has 1 aliphatic rings. The van der Waals surface area contributed by atoms with Crippen LogP contribution in [-0.2, 0) is 16.5 Å². The molecule has 0 spiro atoms. The summed E-state index contributed by atoms with van der Waals surface area (Å²) in [4.78, 5) is 13.9. The monoisotopic (exact) mass is 310 g/mol. The Labute approximate surface area is 122 Å². The number of sulfone groups is 1. The van der Waals surface area contributed by atoms with Crippen LogP contribution in [0.4, 0.5) is 0 Å². The molecule has 1 aromatic heterocycles. The molecule has 0 amide bonds. The Balaban J connectivity index is 1.90. The van der Waals surface area contributed by atoms with Crippen LogP contribution in [-0.4, -0.2) is 42.5 Å². The van der Waals surface area contributed by atoms with Crippen molar-refractivity contribution in [3.63, 3.8) is 0 Å². The standard InChI is InChI=1S/C14H18N2O4S/c1-10-3-4-13-12(7-10)16(14(17)20-13)9-15(2)11-5-6-21(18,19)8-11/h3-4,7,11H,5-6,8-9H2,1-2H3/t11-/m1/s1. The molecule has 0 bridgehead atoms. The van der Waals surface area contributed by atoms with Gasteiger partial charge in [-0.15, -0.1) is 0 Å². The molecule has 0 unspecified atom stereocenters. The lowest BCUT2D eigenvalue weighted by Gasteiger charge is -2.22. The van der Waals surface area contributed by atoms with Crippen LogP contribution in [0, 0.1) is 6.92 Å². The molecular formula is C14H18N2O4S. The summed E-state index contributed by atoms with van der Waals surface area (Å²) in [6.45, 7) is 2.28. The van der Waals surface area contributed by atoms with Crippen molar-refractivity contribution in [2.24, 2.45) is 0 Å². The number of hydrogen-bond acceptors (Lipinski definition) is 5. The van der Waals surface area contributed by atoms with E-state index in [0.717, 1.165) is 11.1 Å². The molecule has 0 N–H and O–H groups in total. The summed E-state index contributed by atoms with van der Waals surface area (Å²) in [6, 6.07) is 5.53. The number of nitrogens with zero attached hydrogens (tertiary/aromatic N) is 2. The smallest absolute Gasteiger partial charge is 0.408 e. The van der Waals surface area contributed by atoms with Gasteiger partial charge in [-0.1, -0.05) is 6.07 Å². The number of aromatic nitrogens is 1. The zero-order valence-corrected chi connectivity index (χ0v) is 12.9. The van der Waals surface area contributed by atoms with Gasteiger partial charge in [0.25, 0.3) is 0 Å². The lowest BCUT2D eigenvalue weighted by molar-refractivity contribution is 0.204. The quantitative estimate of drug-likeness (QED) is 0.845. The first-order valence-electron chi connectivity index (χ1n) is 6.86. The normalized spacial score (nSPS) is 21.4. The van der Waals surface area contributed by atoms with Crippen LogP contribution in [0.5, 0.6) is 0 Å². The van der Waals surface area contributed by atoms with Crippen LogP contribution in [0.25, 0.3) is 11.1 Å². The summed E-state index contributed by atoms with van der Waals surface area (Å²) in [6.07, 6.45) is 0.613. The molecule has 1 saturated heterocycles. The first-order chi connectivity index (χ1) is 9.85. The predicted octanol–water partition coefficient (Wildman–Crippen LogP) is 0.979. The number of aryl methyl sites for hydroxylation is 1. The van der Waals surface area contributed by atoms with E-state index in [4.69, 9.17) is 4.42 Å². The molecule has 2 aromatic rings. The van der Waals surface area contributed by atoms with Gasteiger partial charge in [-0.25, -0.2) is 13.2 Å². The fourth-order valence-corrected chi connectivity index (χ4v) is 4.57. The fraction of sp³-hybridized carbons (Fsp3) is 0.500. The highest BCUT2D eigenvalue weighted by Gasteiger charge is 2.31. The Morgan fingerprint density at radius 3 is 2.86 bits per heavy atom. The highest BCUT2D eigenvalue weighted by atomic mass is 32.2. The minimum absolute atomic E-state index is 0.0448. The summed E-state index contributed by atoms with van der Waals surface area (Å²) in [7, 11) is -1.09. The fourth-order valence-electron chi connectivity index (χ4n) is 2.77. The molecule has 114 valence electrons. The van der Waals surface area contributed by atoms with Gasteiger partial charge in [-0.3, -0.25) is 9.47 Å². The maximum atomic E-state index is 12.0. The molecule has 6 nitrogen and oxygen atoms in total. The minimum atomic E-state index is -2.93. The summed E-state index contributed by atoms with van der Waals surface area (Å²) in [5.41, 5.74) is 2.34. The van der Waals surface area contributed by atoms with Gasteiger partial charge in [0.2, 0.25) is 0 Å². The third-order valence-corrected chi connectivity index (χ3v) is 5.77. The first-order valence-corrected chi connectivity index (χ1v) is 8.68. The summed E-state index contributed by atoms with van der Waals surface area (Å²) < 4.78 is 29.9. The van der Waals surface area contributed by atoms with E-state index in [1.807, 2.05) is 31.0 Å². The number of benzene rings is 1. The average Bonchev–Trinajstić information content (AvgIpc) is 2.91. The highest BCUT2D eigenvalue weighted by molar-refractivity contribution is 7.91. The zero-order valence-electron chi connectivity index (χ0n) is 12.1. The van der Waals surface area contributed by atoms with E-state index >= 15 is 0 Å². The van der Waals surface area contributed by atoms with Crippen molar-refractivity contribution in [1.82, 2.24) is 9.47 Å². The Morgan fingerprint density at radius 2 is 2.19 bits per heavy atom. The van der Waals surface area contributed by atoms with Gasteiger partial charge in [-0.2, -0.15) is 0 Å². The van der Waals surface area contributed by atoms with E-state index in [1.54, 1.807) is 10.6 Å². The molecule has 2 heterocycles. The minimum Gasteiger partial charge on any atom is -0.408 e. The van der Waals surface area contributed by atoms with E-state index in [1.165, 1.54) is 0 Å². The van der Waals surface area contributed by atoms with Crippen molar-refractivity contribution in [2.45, 2.75) is 26.1 Å². The Bertz CT molecular complexity index is 834. The van der Waals surface area contributed by atoms with E-state index in [0.29, 0.717) is 18.7 Å². The second-order valence-corrected chi connectivity index (χ2v) is 7.95. The molecule has 0 saturated carbocycles. The van der Waals surface area contributed by atoms with Crippen molar-refractivity contribution in [2.75, 3.05) is 18.6 Å². The molecule has 0 radical (unpaired) electrons. The molecule has 1 aliphatic heterocycles. The molecule has 21 heavy (non-hydrogen) atoms. The van der Waals surface area contributed by atoms with Crippen molar-refractivity contribution in [1.29, 1.82) is 0 Å². The van der Waals surface area contributed by atoms with Crippen molar-refractivity contribution in [3.8, 4) is 0 Å². The molecule has 1 atom stereocenters. The average molecular weight is 310 g/mol. The lowest BCUT2D eigenvalue weighted by atomic mass is 10.2. The van der Waals surface area contributed by atoms with Crippen LogP contribution >= 0.6 is 0 Å². The Morgan fingerprint density at radius 1 is 1.43 bits per heavy atom. The second-order valence-electron chi connectivity index (χ2n) is 5.72. The van der Waals surface area contributed by atoms with E-state index in [-0.39, 0.29) is 17.5 Å². The highest BCUT2D eigenvalue weighted by Crippen LogP contribution is 2.19. The third-order valence-electron chi connectivity index (χ3n) is 4.02. The predicted molar refractivity (Wildman–Crippen MR) is 80.0 cm³/mol. The van der Waals surface area contributed by atoms with Crippen molar-refractivity contribution in [3.05, 3.63) is 34.3 Å². The van der Waals surface area contributed by atoms with Gasteiger partial charge in [0.05, 0.1) is 23.7 Å². The third kappa shape index (κ3) is 2.75. The molecule has 7 heteroatoms. The molecule has 0 aliphatic carbocycles. The summed E-state index contributed by atoms with van der Waals surface area (Å²) in [5.74, 6) is -0.0295. The number of fused-ring (bicyclic) bond motifs is 1. The second kappa shape index (κ2) is 4.99. The van der Waals surface area contributed by atoms with E-state index in [9.17, 15) is 13.2 Å². The van der Waals surface area contributed by atoms with Gasteiger partial charge in [0.15, 0.2) is 15.4 Å². The van der Waals surface area contributed by atoms with E-state index < -0.39 is 15.6 Å². The van der Waals surface area contributed by atoms with Crippen LogP contribution in [0.3, 0.4) is 0 Å². The van der Waals surface area contributed by atoms with Crippen molar-refractivity contribution >= 4 is 20.9 Å². The SMILES string of the molecule is Cc1ccc2oc(=O)n(CN(C)[C@@H]3CCS(=O)(=O)C3)c2c1. The van der Waals surface area contributed by atoms with Crippen LogP contribution in [0.2, 0.25) is 0 Å². The molecule has 1 fully saturated rings. The first kappa shape index (κ1) is 14.3. The van der Waals surface area contributed by atoms with Crippen molar-refractivity contribution < 1.29 is 12.8 Å². The molecular weight excluding hydrogens is 292 g/mol.